The van der Waals surface area contributed by atoms with Crippen LogP contribution in [0, 0.1) is 0 Å². The van der Waals surface area contributed by atoms with Crippen LogP contribution in [0.15, 0.2) is 18.2 Å². The number of methoxy groups -OCH3 is 1. The van der Waals surface area contributed by atoms with Gasteiger partial charge in [0.15, 0.2) is 18.3 Å². The summed E-state index contributed by atoms with van der Waals surface area (Å²) in [4.78, 5) is 47.6. The van der Waals surface area contributed by atoms with Gasteiger partial charge < -0.3 is 39.3 Å². The van der Waals surface area contributed by atoms with Crippen LogP contribution in [0.2, 0.25) is 0 Å². The van der Waals surface area contributed by atoms with Gasteiger partial charge in [-0.15, -0.1) is 0 Å². The summed E-state index contributed by atoms with van der Waals surface area (Å²) in [5, 5.41) is 9.24. The highest BCUT2D eigenvalue weighted by Gasteiger charge is 2.55. The topological polar surface area (TPSA) is 170 Å². The first kappa shape index (κ1) is 24.9. The molecule has 1 aliphatic heterocycles. The molecule has 3 N–H and O–H groups in total. The van der Waals surface area contributed by atoms with Crippen molar-refractivity contribution in [3.05, 3.63) is 23.8 Å². The van der Waals surface area contributed by atoms with E-state index in [1.807, 2.05) is 0 Å². The molecule has 12 nitrogen and oxygen atoms in total. The van der Waals surface area contributed by atoms with Crippen LogP contribution in [0.1, 0.15) is 26.3 Å². The number of rotatable bonds is 7. The predicted octanol–water partition coefficient (Wildman–Crippen LogP) is -0.167. The lowest BCUT2D eigenvalue weighted by Crippen LogP contribution is -2.64. The minimum Gasteiger partial charge on any atom is -0.467 e. The van der Waals surface area contributed by atoms with Crippen molar-refractivity contribution in [2.24, 2.45) is 0 Å². The first-order chi connectivity index (χ1) is 15.1. The van der Waals surface area contributed by atoms with E-state index in [1.165, 1.54) is 18.2 Å². The van der Waals surface area contributed by atoms with Gasteiger partial charge in [-0.3, -0.25) is 14.4 Å². The molecule has 0 spiro atoms. The fourth-order valence-electron chi connectivity index (χ4n) is 3.10. The third kappa shape index (κ3) is 6.08. The van der Waals surface area contributed by atoms with E-state index in [2.05, 4.69) is 0 Å². The lowest BCUT2D eigenvalue weighted by molar-refractivity contribution is -0.282. The second-order valence-electron chi connectivity index (χ2n) is 6.82. The lowest BCUT2D eigenvalue weighted by atomic mass is 9.97. The zero-order chi connectivity index (χ0) is 24.0. The second kappa shape index (κ2) is 10.8. The summed E-state index contributed by atoms with van der Waals surface area (Å²) in [5.74, 6) is -3.28. The van der Waals surface area contributed by atoms with Gasteiger partial charge in [-0.2, -0.15) is 0 Å². The summed E-state index contributed by atoms with van der Waals surface area (Å²) >= 11 is 0. The van der Waals surface area contributed by atoms with Crippen molar-refractivity contribution in [1.82, 2.24) is 0 Å². The number of esters is 4. The van der Waals surface area contributed by atoms with Crippen molar-refractivity contribution in [3.8, 4) is 5.75 Å². The maximum atomic E-state index is 12.4. The first-order valence-corrected chi connectivity index (χ1v) is 9.48. The van der Waals surface area contributed by atoms with Crippen LogP contribution >= 0.6 is 0 Å². The number of anilines is 1. The van der Waals surface area contributed by atoms with Crippen molar-refractivity contribution >= 4 is 29.6 Å². The second-order valence-corrected chi connectivity index (χ2v) is 6.82. The number of ether oxygens (including phenoxy) is 6. The van der Waals surface area contributed by atoms with Gasteiger partial charge >= 0.3 is 23.9 Å². The molecule has 0 aliphatic carbocycles. The fraction of sp³-hybridized carbons (Fsp3) is 0.500. The lowest BCUT2D eigenvalue weighted by Gasteiger charge is -2.43. The Bertz CT molecular complexity index is 871. The molecule has 1 aromatic carbocycles. The largest absolute Gasteiger partial charge is 0.467 e. The van der Waals surface area contributed by atoms with Gasteiger partial charge in [0, 0.05) is 20.8 Å². The molecule has 0 radical (unpaired) electrons. The van der Waals surface area contributed by atoms with Gasteiger partial charge in [0.1, 0.15) is 5.75 Å². The van der Waals surface area contributed by atoms with Gasteiger partial charge in [-0.25, -0.2) is 4.79 Å². The molecule has 1 aromatic rings. The number of hydrogen-bond acceptors (Lipinski definition) is 12. The van der Waals surface area contributed by atoms with E-state index in [1.54, 1.807) is 0 Å². The highest BCUT2D eigenvalue weighted by atomic mass is 16.7. The quantitative estimate of drug-likeness (QED) is 0.317. The summed E-state index contributed by atoms with van der Waals surface area (Å²) in [7, 11) is 1.08. The number of benzene rings is 1. The number of nitrogen functional groups attached to an aromatic ring is 1. The molecule has 0 saturated carbocycles. The van der Waals surface area contributed by atoms with E-state index < -0.39 is 54.6 Å². The molecule has 1 aliphatic rings. The summed E-state index contributed by atoms with van der Waals surface area (Å²) in [6.07, 6.45) is -7.51. The SMILES string of the molecule is COC(=O)C1OC(Oc2ccc(CO)cc2N)[C@H](OC(C)=O)C(OC(C)=O)[C@@H]1OC(C)=O. The molecule has 0 aromatic heterocycles. The Kier molecular flexibility index (Phi) is 8.38. The van der Waals surface area contributed by atoms with Crippen LogP contribution in [0.25, 0.3) is 0 Å². The van der Waals surface area contributed by atoms with Gasteiger partial charge in [-0.05, 0) is 17.7 Å². The summed E-state index contributed by atoms with van der Waals surface area (Å²) in [6, 6.07) is 4.40. The molecule has 2 rings (SSSR count). The Morgan fingerprint density at radius 1 is 0.969 bits per heavy atom. The summed E-state index contributed by atoms with van der Waals surface area (Å²) < 4.78 is 31.8. The number of hydrogen-bond donors (Lipinski definition) is 2. The van der Waals surface area contributed by atoms with Gasteiger partial charge in [0.05, 0.1) is 19.4 Å². The number of carbonyl (C=O) groups is 4. The average molecular weight is 455 g/mol. The fourth-order valence-corrected chi connectivity index (χ4v) is 3.10. The van der Waals surface area contributed by atoms with Crippen molar-refractivity contribution in [1.29, 1.82) is 0 Å². The molecular weight excluding hydrogens is 430 g/mol. The molecule has 1 fully saturated rings. The Hall–Kier alpha value is -3.38. The molecule has 5 atom stereocenters. The Labute approximate surface area is 183 Å². The minimum atomic E-state index is -1.58. The monoisotopic (exact) mass is 455 g/mol. The van der Waals surface area contributed by atoms with Crippen LogP contribution in [-0.2, 0) is 49.5 Å². The molecule has 1 heterocycles. The molecular formula is C20H25NO11. The normalized spacial score (nSPS) is 24.7. The smallest absolute Gasteiger partial charge is 0.339 e. The molecule has 0 bridgehead atoms. The van der Waals surface area contributed by atoms with E-state index in [4.69, 9.17) is 34.2 Å². The maximum Gasteiger partial charge on any atom is 0.339 e. The molecule has 12 heteroatoms. The van der Waals surface area contributed by atoms with Crippen LogP contribution in [0.4, 0.5) is 5.69 Å². The number of carbonyl (C=O) groups excluding carboxylic acids is 4. The van der Waals surface area contributed by atoms with Gasteiger partial charge in [0.2, 0.25) is 12.4 Å². The van der Waals surface area contributed by atoms with Crippen LogP contribution in [0.3, 0.4) is 0 Å². The van der Waals surface area contributed by atoms with Crippen LogP contribution in [-0.4, -0.2) is 66.8 Å². The first-order valence-electron chi connectivity index (χ1n) is 9.48. The van der Waals surface area contributed by atoms with Crippen molar-refractivity contribution < 1.29 is 52.7 Å². The van der Waals surface area contributed by atoms with Crippen molar-refractivity contribution in [2.45, 2.75) is 58.1 Å². The van der Waals surface area contributed by atoms with E-state index in [-0.39, 0.29) is 18.0 Å². The molecule has 32 heavy (non-hydrogen) atoms. The summed E-state index contributed by atoms with van der Waals surface area (Å²) in [6.45, 7) is 2.99. The predicted molar refractivity (Wildman–Crippen MR) is 105 cm³/mol. The van der Waals surface area contributed by atoms with Crippen LogP contribution < -0.4 is 10.5 Å². The Morgan fingerprint density at radius 2 is 1.53 bits per heavy atom. The Morgan fingerprint density at radius 3 is 2.03 bits per heavy atom. The highest BCUT2D eigenvalue weighted by molar-refractivity contribution is 5.77. The summed E-state index contributed by atoms with van der Waals surface area (Å²) in [5.41, 5.74) is 6.57. The number of aliphatic hydroxyl groups excluding tert-OH is 1. The number of aliphatic hydroxyl groups is 1. The van der Waals surface area contributed by atoms with Crippen LogP contribution in [0.5, 0.6) is 5.75 Å². The molecule has 1 saturated heterocycles. The van der Waals surface area contributed by atoms with E-state index >= 15 is 0 Å². The van der Waals surface area contributed by atoms with E-state index in [0.717, 1.165) is 27.9 Å². The highest BCUT2D eigenvalue weighted by Crippen LogP contribution is 2.33. The van der Waals surface area contributed by atoms with Crippen molar-refractivity contribution in [2.75, 3.05) is 12.8 Å². The average Bonchev–Trinajstić information content (AvgIpc) is 2.71. The third-order valence-corrected chi connectivity index (χ3v) is 4.33. The van der Waals surface area contributed by atoms with E-state index in [0.29, 0.717) is 5.56 Å². The van der Waals surface area contributed by atoms with Gasteiger partial charge in [-0.1, -0.05) is 6.07 Å². The minimum absolute atomic E-state index is 0.0699. The maximum absolute atomic E-state index is 12.4. The zero-order valence-corrected chi connectivity index (χ0v) is 17.9. The zero-order valence-electron chi connectivity index (χ0n) is 17.9. The molecule has 0 amide bonds. The molecule has 176 valence electrons. The van der Waals surface area contributed by atoms with Gasteiger partial charge in [0.25, 0.3) is 0 Å². The number of nitrogens with two attached hydrogens (primary N) is 1. The Balaban J connectivity index is 2.51. The standard InChI is InChI=1S/C20H25NO11/c1-9(23)28-15-16(29-10(2)24)18(30-11(3)25)20(32-17(15)19(26)27-4)31-14-6-5-12(8-22)7-13(14)21/h5-7,15-18,20,22H,8,21H2,1-4H3/t15-,16?,17?,18+,20?/m0/s1. The van der Waals surface area contributed by atoms with E-state index in [9.17, 15) is 24.3 Å². The van der Waals surface area contributed by atoms with Crippen molar-refractivity contribution in [3.63, 3.8) is 0 Å². The molecule has 3 unspecified atom stereocenters. The third-order valence-electron chi connectivity index (χ3n) is 4.33.